The van der Waals surface area contributed by atoms with Crippen molar-refractivity contribution in [2.75, 3.05) is 5.43 Å². The Balaban J connectivity index is 1.42. The summed E-state index contributed by atoms with van der Waals surface area (Å²) in [6.07, 6.45) is -6.57. The number of anilines is 1. The number of amides is 1. The molecule has 4 aromatic rings. The Morgan fingerprint density at radius 3 is 2.38 bits per heavy atom. The zero-order valence-corrected chi connectivity index (χ0v) is 20.3. The van der Waals surface area contributed by atoms with Crippen molar-refractivity contribution in [1.82, 2.24) is 20.2 Å². The van der Waals surface area contributed by atoms with Crippen LogP contribution >= 0.6 is 0 Å². The number of aliphatic hydroxyl groups is 1. The molecule has 7 nitrogen and oxygen atoms in total. The van der Waals surface area contributed by atoms with Crippen LogP contribution in [0, 0.1) is 5.82 Å². The molecule has 0 fully saturated rings. The molecule has 0 spiro atoms. The lowest BCUT2D eigenvalue weighted by atomic mass is 9.89. The van der Waals surface area contributed by atoms with E-state index in [0.29, 0.717) is 12.3 Å². The summed E-state index contributed by atoms with van der Waals surface area (Å²) in [5.41, 5.74) is -0.596. The van der Waals surface area contributed by atoms with Crippen LogP contribution < -0.4 is 10.9 Å². The van der Waals surface area contributed by atoms with E-state index in [1.165, 1.54) is 42.2 Å². The van der Waals surface area contributed by atoms with Gasteiger partial charge in [0.2, 0.25) is 5.60 Å². The highest BCUT2D eigenvalue weighted by atomic mass is 19.4. The summed E-state index contributed by atoms with van der Waals surface area (Å²) in [5, 5.41) is 15.0. The van der Waals surface area contributed by atoms with E-state index in [-0.39, 0.29) is 28.1 Å². The van der Waals surface area contributed by atoms with E-state index in [1.54, 1.807) is 0 Å². The standard InChI is InChI=1S/C26H18F7N5O2/c1-13(23(39)37-36-21-7-6-15(11-34-21)25(28,29)30)38-12-14(10-35-38)18-8-16(27)9-20-22(18)17-4-2-3-5-19(17)24(20,40)26(31,32)33/h2-13,40H,1H3,(H,34,36)(H,37,39). The maximum Gasteiger partial charge on any atom is 0.425 e. The molecule has 2 aromatic heterocycles. The van der Waals surface area contributed by atoms with Gasteiger partial charge in [0.1, 0.15) is 17.7 Å². The number of benzene rings is 2. The number of nitrogens with zero attached hydrogens (tertiary/aromatic N) is 3. The van der Waals surface area contributed by atoms with E-state index in [0.717, 1.165) is 24.3 Å². The van der Waals surface area contributed by atoms with Gasteiger partial charge in [-0.1, -0.05) is 24.3 Å². The number of halogens is 7. The quantitative estimate of drug-likeness (QED) is 0.217. The van der Waals surface area contributed by atoms with Crippen LogP contribution in [0.3, 0.4) is 0 Å². The van der Waals surface area contributed by atoms with Crippen LogP contribution in [0.4, 0.5) is 36.6 Å². The highest BCUT2D eigenvalue weighted by Crippen LogP contribution is 2.57. The van der Waals surface area contributed by atoms with Crippen molar-refractivity contribution < 1.29 is 40.6 Å². The average Bonchev–Trinajstić information content (AvgIpc) is 3.49. The van der Waals surface area contributed by atoms with Gasteiger partial charge in [0, 0.05) is 29.1 Å². The first-order valence-corrected chi connectivity index (χ1v) is 11.6. The van der Waals surface area contributed by atoms with Crippen LogP contribution in [-0.2, 0) is 16.6 Å². The lowest BCUT2D eigenvalue weighted by Gasteiger charge is -2.28. The summed E-state index contributed by atoms with van der Waals surface area (Å²) < 4.78 is 96.3. The molecule has 2 heterocycles. The molecule has 2 atom stereocenters. The summed E-state index contributed by atoms with van der Waals surface area (Å²) in [5.74, 6) is -1.77. The summed E-state index contributed by atoms with van der Waals surface area (Å²) in [6.45, 7) is 1.43. The molecule has 1 amide bonds. The maximum atomic E-state index is 14.7. The van der Waals surface area contributed by atoms with Gasteiger partial charge in [-0.25, -0.2) is 9.37 Å². The number of fused-ring (bicyclic) bond motifs is 3. The molecule has 40 heavy (non-hydrogen) atoms. The first-order chi connectivity index (χ1) is 18.7. The SMILES string of the molecule is CC(C(=O)NNc1ccc(C(F)(F)F)cn1)n1cc(-c2cc(F)cc3c2-c2ccccc2C3(O)C(F)(F)F)cn1. The second kappa shape index (κ2) is 9.33. The zero-order chi connectivity index (χ0) is 29.0. The van der Waals surface area contributed by atoms with Gasteiger partial charge in [0.15, 0.2) is 0 Å². The molecule has 1 aliphatic rings. The van der Waals surface area contributed by atoms with E-state index < -0.39 is 52.4 Å². The summed E-state index contributed by atoms with van der Waals surface area (Å²) >= 11 is 0. The molecule has 3 N–H and O–H groups in total. The third kappa shape index (κ3) is 4.43. The lowest BCUT2D eigenvalue weighted by Crippen LogP contribution is -2.41. The van der Waals surface area contributed by atoms with Crippen molar-refractivity contribution in [2.45, 2.75) is 30.9 Å². The van der Waals surface area contributed by atoms with Crippen LogP contribution in [0.15, 0.2) is 67.1 Å². The predicted octanol–water partition coefficient (Wildman–Crippen LogP) is 5.59. The van der Waals surface area contributed by atoms with Crippen molar-refractivity contribution in [3.8, 4) is 22.3 Å². The number of carbonyl (C=O) groups excluding carboxylic acids is 1. The molecule has 2 unspecified atom stereocenters. The van der Waals surface area contributed by atoms with E-state index in [4.69, 9.17) is 0 Å². The number of hydrogen-bond acceptors (Lipinski definition) is 5. The third-order valence-electron chi connectivity index (χ3n) is 6.58. The van der Waals surface area contributed by atoms with Gasteiger partial charge in [-0.05, 0) is 47.9 Å². The van der Waals surface area contributed by atoms with E-state index >= 15 is 0 Å². The number of hydrogen-bond donors (Lipinski definition) is 3. The number of hydrazine groups is 1. The van der Waals surface area contributed by atoms with E-state index in [2.05, 4.69) is 20.9 Å². The van der Waals surface area contributed by atoms with Crippen molar-refractivity contribution in [1.29, 1.82) is 0 Å². The molecule has 14 heteroatoms. The van der Waals surface area contributed by atoms with E-state index in [1.807, 2.05) is 0 Å². The Hall–Kier alpha value is -4.46. The van der Waals surface area contributed by atoms with E-state index in [9.17, 15) is 40.6 Å². The fraction of sp³-hybridized carbons (Fsp3) is 0.192. The predicted molar refractivity (Wildman–Crippen MR) is 128 cm³/mol. The summed E-state index contributed by atoms with van der Waals surface area (Å²) in [7, 11) is 0. The van der Waals surface area contributed by atoms with Gasteiger partial charge in [-0.15, -0.1) is 0 Å². The number of rotatable bonds is 5. The van der Waals surface area contributed by atoms with Crippen molar-refractivity contribution in [2.24, 2.45) is 0 Å². The minimum absolute atomic E-state index is 0.0218. The number of alkyl halides is 6. The summed E-state index contributed by atoms with van der Waals surface area (Å²) in [6, 6.07) is 7.78. The molecular weight excluding hydrogens is 547 g/mol. The Morgan fingerprint density at radius 1 is 1.00 bits per heavy atom. The minimum Gasteiger partial charge on any atom is -0.372 e. The van der Waals surface area contributed by atoms with Crippen molar-refractivity contribution in [3.05, 3.63) is 89.6 Å². The molecule has 0 radical (unpaired) electrons. The first-order valence-electron chi connectivity index (χ1n) is 11.6. The highest BCUT2D eigenvalue weighted by molar-refractivity contribution is 5.92. The smallest absolute Gasteiger partial charge is 0.372 e. The normalized spacial score (nSPS) is 17.2. The molecule has 0 saturated heterocycles. The van der Waals surface area contributed by atoms with Gasteiger partial charge in [-0.3, -0.25) is 20.3 Å². The fourth-order valence-corrected chi connectivity index (χ4v) is 4.55. The molecule has 208 valence electrons. The molecule has 0 saturated carbocycles. The topological polar surface area (TPSA) is 92.1 Å². The number of aromatic nitrogens is 3. The van der Waals surface area contributed by atoms with Crippen molar-refractivity contribution in [3.63, 3.8) is 0 Å². The molecule has 1 aliphatic carbocycles. The van der Waals surface area contributed by atoms with Crippen LogP contribution in [0.2, 0.25) is 0 Å². The Morgan fingerprint density at radius 2 is 1.73 bits per heavy atom. The largest absolute Gasteiger partial charge is 0.425 e. The van der Waals surface area contributed by atoms with Gasteiger partial charge in [0.05, 0.1) is 11.8 Å². The highest BCUT2D eigenvalue weighted by Gasteiger charge is 2.61. The molecule has 0 bridgehead atoms. The third-order valence-corrected chi connectivity index (χ3v) is 6.58. The van der Waals surface area contributed by atoms with Gasteiger partial charge in [0.25, 0.3) is 5.91 Å². The summed E-state index contributed by atoms with van der Waals surface area (Å²) in [4.78, 5) is 16.2. The van der Waals surface area contributed by atoms with Crippen LogP contribution in [-0.4, -0.2) is 32.0 Å². The van der Waals surface area contributed by atoms with Crippen LogP contribution in [0.5, 0.6) is 0 Å². The lowest BCUT2D eigenvalue weighted by molar-refractivity contribution is -0.246. The molecule has 5 rings (SSSR count). The van der Waals surface area contributed by atoms with Crippen LogP contribution in [0.1, 0.15) is 29.7 Å². The first kappa shape index (κ1) is 27.1. The minimum atomic E-state index is -5.15. The molecular formula is C26H18F7N5O2. The number of pyridine rings is 1. The second-order valence-corrected chi connectivity index (χ2v) is 9.06. The Kier molecular flexibility index (Phi) is 6.32. The molecule has 2 aromatic carbocycles. The zero-order valence-electron chi connectivity index (χ0n) is 20.3. The fourth-order valence-electron chi connectivity index (χ4n) is 4.55. The van der Waals surface area contributed by atoms with Gasteiger partial charge < -0.3 is 5.11 Å². The second-order valence-electron chi connectivity index (χ2n) is 9.06. The van der Waals surface area contributed by atoms with Gasteiger partial charge in [-0.2, -0.15) is 31.4 Å². The Labute approximate surface area is 221 Å². The van der Waals surface area contributed by atoms with Crippen LogP contribution in [0.25, 0.3) is 22.3 Å². The Bertz CT molecular complexity index is 1600. The monoisotopic (exact) mass is 565 g/mol. The maximum absolute atomic E-state index is 14.7. The van der Waals surface area contributed by atoms with Crippen molar-refractivity contribution >= 4 is 11.7 Å². The number of carbonyl (C=O) groups is 1. The molecule has 0 aliphatic heterocycles. The van der Waals surface area contributed by atoms with Gasteiger partial charge >= 0.3 is 12.4 Å². The average molecular weight is 565 g/mol. The number of nitrogens with one attached hydrogen (secondary N) is 2.